The first kappa shape index (κ1) is 10.7. The number of ether oxygens (including phenoxy) is 1. The Balaban J connectivity index is 2.08. The lowest BCUT2D eigenvalue weighted by Crippen LogP contribution is -2.05. The van der Waals surface area contributed by atoms with Crippen LogP contribution >= 0.6 is 0 Å². The standard InChI is InChI=1S/C15H11NO2/c1-2-13-15(17)18-14(16-13)12-8-7-10-5-3-4-6-11(10)9-12/h2-9H,1H3/b13-2+. The lowest BCUT2D eigenvalue weighted by molar-refractivity contribution is -0.130. The molecule has 88 valence electrons. The van der Waals surface area contributed by atoms with Crippen molar-refractivity contribution in [3.8, 4) is 0 Å². The molecule has 1 aliphatic heterocycles. The van der Waals surface area contributed by atoms with E-state index in [1.54, 1.807) is 13.0 Å². The molecular weight excluding hydrogens is 226 g/mol. The Bertz CT molecular complexity index is 698. The van der Waals surface area contributed by atoms with Crippen LogP contribution in [0.3, 0.4) is 0 Å². The summed E-state index contributed by atoms with van der Waals surface area (Å²) in [6, 6.07) is 13.9. The molecule has 3 nitrogen and oxygen atoms in total. The third-order valence-electron chi connectivity index (χ3n) is 2.89. The molecule has 0 N–H and O–H groups in total. The number of esters is 1. The van der Waals surface area contributed by atoms with Gasteiger partial charge in [0.05, 0.1) is 0 Å². The molecule has 1 aliphatic rings. The number of hydrogen-bond donors (Lipinski definition) is 0. The lowest BCUT2D eigenvalue weighted by Gasteiger charge is -2.02. The SMILES string of the molecule is C/C=C1/N=C(c2ccc3ccccc3c2)OC1=O. The van der Waals surface area contributed by atoms with E-state index in [0.717, 1.165) is 16.3 Å². The lowest BCUT2D eigenvalue weighted by atomic mass is 10.1. The van der Waals surface area contributed by atoms with Gasteiger partial charge in [0.1, 0.15) is 5.70 Å². The number of aliphatic imine (C=N–C) groups is 1. The van der Waals surface area contributed by atoms with Crippen molar-refractivity contribution < 1.29 is 9.53 Å². The highest BCUT2D eigenvalue weighted by molar-refractivity contribution is 6.12. The van der Waals surface area contributed by atoms with Crippen LogP contribution in [0, 0.1) is 0 Å². The number of hydrogen-bond acceptors (Lipinski definition) is 3. The van der Waals surface area contributed by atoms with E-state index in [1.165, 1.54) is 0 Å². The van der Waals surface area contributed by atoms with Crippen LogP contribution in [0.1, 0.15) is 12.5 Å². The number of carbonyl (C=O) groups excluding carboxylic acids is 1. The first-order valence-corrected chi connectivity index (χ1v) is 5.74. The molecule has 0 saturated heterocycles. The summed E-state index contributed by atoms with van der Waals surface area (Å²) >= 11 is 0. The van der Waals surface area contributed by atoms with Crippen LogP contribution < -0.4 is 0 Å². The Morgan fingerprint density at radius 3 is 2.61 bits per heavy atom. The molecule has 0 aromatic heterocycles. The van der Waals surface area contributed by atoms with Gasteiger partial charge in [-0.05, 0) is 29.8 Å². The topological polar surface area (TPSA) is 38.7 Å². The van der Waals surface area contributed by atoms with Crippen molar-refractivity contribution in [3.05, 3.63) is 59.8 Å². The molecule has 2 aromatic rings. The van der Waals surface area contributed by atoms with Gasteiger partial charge in [-0.25, -0.2) is 9.79 Å². The van der Waals surface area contributed by atoms with Crippen molar-refractivity contribution in [1.29, 1.82) is 0 Å². The second kappa shape index (κ2) is 4.11. The highest BCUT2D eigenvalue weighted by Gasteiger charge is 2.23. The number of benzene rings is 2. The fourth-order valence-electron chi connectivity index (χ4n) is 1.95. The van der Waals surface area contributed by atoms with E-state index in [1.807, 2.05) is 42.5 Å². The zero-order chi connectivity index (χ0) is 12.5. The van der Waals surface area contributed by atoms with Gasteiger partial charge >= 0.3 is 5.97 Å². The Kier molecular flexibility index (Phi) is 2.45. The Morgan fingerprint density at radius 1 is 1.11 bits per heavy atom. The summed E-state index contributed by atoms with van der Waals surface area (Å²) in [5, 5.41) is 2.25. The van der Waals surface area contributed by atoms with E-state index in [9.17, 15) is 4.79 Å². The van der Waals surface area contributed by atoms with E-state index >= 15 is 0 Å². The fourth-order valence-corrected chi connectivity index (χ4v) is 1.95. The van der Waals surface area contributed by atoms with Crippen molar-refractivity contribution >= 4 is 22.6 Å². The van der Waals surface area contributed by atoms with Crippen molar-refractivity contribution in [2.45, 2.75) is 6.92 Å². The summed E-state index contributed by atoms with van der Waals surface area (Å²) in [4.78, 5) is 15.6. The molecule has 0 fully saturated rings. The van der Waals surface area contributed by atoms with Crippen LogP contribution in [-0.2, 0) is 9.53 Å². The molecule has 3 heteroatoms. The van der Waals surface area contributed by atoms with Crippen molar-refractivity contribution in [3.63, 3.8) is 0 Å². The maximum absolute atomic E-state index is 11.4. The highest BCUT2D eigenvalue weighted by Crippen LogP contribution is 2.20. The molecule has 18 heavy (non-hydrogen) atoms. The van der Waals surface area contributed by atoms with Crippen LogP contribution in [0.4, 0.5) is 0 Å². The Hall–Kier alpha value is -2.42. The van der Waals surface area contributed by atoms with Crippen LogP contribution in [0.2, 0.25) is 0 Å². The molecule has 1 heterocycles. The third kappa shape index (κ3) is 1.70. The van der Waals surface area contributed by atoms with Gasteiger partial charge in [-0.1, -0.05) is 36.4 Å². The zero-order valence-electron chi connectivity index (χ0n) is 9.88. The molecule has 0 amide bonds. The van der Waals surface area contributed by atoms with Crippen molar-refractivity contribution in [1.82, 2.24) is 0 Å². The number of rotatable bonds is 1. The zero-order valence-corrected chi connectivity index (χ0v) is 9.88. The summed E-state index contributed by atoms with van der Waals surface area (Å²) < 4.78 is 5.14. The second-order valence-electron chi connectivity index (χ2n) is 4.04. The van der Waals surface area contributed by atoms with Crippen molar-refractivity contribution in [2.75, 3.05) is 0 Å². The van der Waals surface area contributed by atoms with Crippen LogP contribution in [-0.4, -0.2) is 11.9 Å². The molecule has 0 saturated carbocycles. The summed E-state index contributed by atoms with van der Waals surface area (Å²) in [5.41, 5.74) is 1.18. The van der Waals surface area contributed by atoms with Crippen LogP contribution in [0.5, 0.6) is 0 Å². The van der Waals surface area contributed by atoms with Crippen molar-refractivity contribution in [2.24, 2.45) is 4.99 Å². The maximum Gasteiger partial charge on any atom is 0.363 e. The molecule has 0 atom stereocenters. The molecular formula is C15H11NO2. The molecule has 0 bridgehead atoms. The summed E-state index contributed by atoms with van der Waals surface area (Å²) in [6.07, 6.45) is 1.65. The normalized spacial score (nSPS) is 17.1. The van der Waals surface area contributed by atoms with E-state index in [4.69, 9.17) is 4.74 Å². The predicted octanol–water partition coefficient (Wildman–Crippen LogP) is 3.05. The van der Waals surface area contributed by atoms with E-state index in [-0.39, 0.29) is 5.97 Å². The third-order valence-corrected chi connectivity index (χ3v) is 2.89. The van der Waals surface area contributed by atoms with Gasteiger partial charge in [-0.2, -0.15) is 0 Å². The summed E-state index contributed by atoms with van der Waals surface area (Å²) in [7, 11) is 0. The Morgan fingerprint density at radius 2 is 1.89 bits per heavy atom. The molecule has 3 rings (SSSR count). The average Bonchev–Trinajstić information content (AvgIpc) is 2.79. The number of allylic oxidation sites excluding steroid dienone is 1. The second-order valence-corrected chi connectivity index (χ2v) is 4.04. The number of carbonyl (C=O) groups is 1. The quantitative estimate of drug-likeness (QED) is 0.564. The molecule has 0 radical (unpaired) electrons. The smallest absolute Gasteiger partial charge is 0.363 e. The molecule has 0 unspecified atom stereocenters. The predicted molar refractivity (Wildman–Crippen MR) is 70.3 cm³/mol. The largest absolute Gasteiger partial charge is 0.402 e. The minimum Gasteiger partial charge on any atom is -0.402 e. The van der Waals surface area contributed by atoms with Gasteiger partial charge in [0, 0.05) is 5.56 Å². The van der Waals surface area contributed by atoms with Crippen LogP contribution in [0.25, 0.3) is 10.8 Å². The van der Waals surface area contributed by atoms with E-state index in [0.29, 0.717) is 11.6 Å². The molecule has 0 spiro atoms. The van der Waals surface area contributed by atoms with E-state index in [2.05, 4.69) is 4.99 Å². The maximum atomic E-state index is 11.4. The van der Waals surface area contributed by atoms with Gasteiger partial charge < -0.3 is 4.74 Å². The highest BCUT2D eigenvalue weighted by atomic mass is 16.6. The molecule has 0 aliphatic carbocycles. The van der Waals surface area contributed by atoms with Gasteiger partial charge in [0.25, 0.3) is 0 Å². The fraction of sp³-hybridized carbons (Fsp3) is 0.0667. The average molecular weight is 237 g/mol. The van der Waals surface area contributed by atoms with Crippen LogP contribution in [0.15, 0.2) is 59.2 Å². The summed E-state index contributed by atoms with van der Waals surface area (Å²) in [5.74, 6) is -0.0143. The van der Waals surface area contributed by atoms with Gasteiger partial charge in [0.2, 0.25) is 5.90 Å². The van der Waals surface area contributed by atoms with Gasteiger partial charge in [-0.15, -0.1) is 0 Å². The molecule has 2 aromatic carbocycles. The minimum atomic E-state index is -0.388. The number of cyclic esters (lactones) is 1. The summed E-state index contributed by atoms with van der Waals surface area (Å²) in [6.45, 7) is 1.77. The van der Waals surface area contributed by atoms with Gasteiger partial charge in [-0.3, -0.25) is 0 Å². The number of nitrogens with zero attached hydrogens (tertiary/aromatic N) is 1. The minimum absolute atomic E-state index is 0.359. The monoisotopic (exact) mass is 237 g/mol. The number of fused-ring (bicyclic) bond motifs is 1. The first-order chi connectivity index (χ1) is 8.78. The first-order valence-electron chi connectivity index (χ1n) is 5.74. The van der Waals surface area contributed by atoms with E-state index < -0.39 is 0 Å². The van der Waals surface area contributed by atoms with Gasteiger partial charge in [0.15, 0.2) is 0 Å². The Labute approximate surface area is 104 Å².